The average molecular weight is 233 g/mol. The van der Waals surface area contributed by atoms with Gasteiger partial charge >= 0.3 is 12.1 Å². The molecule has 0 unspecified atom stereocenters. The SMILES string of the molecule is COC(=O)[C@H](O)[C@H](C)NC(=O)OC(C)(C)C. The smallest absolute Gasteiger partial charge is 0.407 e. The first-order chi connectivity index (χ1) is 7.17. The molecule has 0 fully saturated rings. The quantitative estimate of drug-likeness (QED) is 0.691. The van der Waals surface area contributed by atoms with Crippen LogP contribution in [0.2, 0.25) is 0 Å². The molecule has 0 spiro atoms. The minimum absolute atomic E-state index is 0.625. The maximum absolute atomic E-state index is 11.3. The second-order valence-corrected chi connectivity index (χ2v) is 4.40. The van der Waals surface area contributed by atoms with Crippen LogP contribution >= 0.6 is 0 Å². The number of rotatable bonds is 3. The number of methoxy groups -OCH3 is 1. The van der Waals surface area contributed by atoms with Crippen LogP contribution in [-0.4, -0.2) is 42.0 Å². The lowest BCUT2D eigenvalue weighted by Gasteiger charge is -2.23. The predicted molar refractivity (Wildman–Crippen MR) is 56.9 cm³/mol. The third kappa shape index (κ3) is 5.55. The molecule has 0 aromatic rings. The van der Waals surface area contributed by atoms with E-state index in [4.69, 9.17) is 4.74 Å². The summed E-state index contributed by atoms with van der Waals surface area (Å²) < 4.78 is 9.29. The van der Waals surface area contributed by atoms with Gasteiger partial charge in [-0.15, -0.1) is 0 Å². The minimum atomic E-state index is -1.41. The molecule has 0 saturated heterocycles. The zero-order valence-electron chi connectivity index (χ0n) is 10.2. The van der Waals surface area contributed by atoms with E-state index in [0.717, 1.165) is 7.11 Å². The standard InChI is InChI=1S/C10H19NO5/c1-6(7(12)8(13)15-5)11-9(14)16-10(2,3)4/h6-7,12H,1-5H3,(H,11,14)/t6-,7+/m0/s1. The largest absolute Gasteiger partial charge is 0.467 e. The summed E-state index contributed by atoms with van der Waals surface area (Å²) in [6.45, 7) is 6.63. The molecule has 6 nitrogen and oxygen atoms in total. The van der Waals surface area contributed by atoms with Crippen LogP contribution in [0.15, 0.2) is 0 Å². The van der Waals surface area contributed by atoms with Crippen LogP contribution in [-0.2, 0) is 14.3 Å². The normalized spacial score (nSPS) is 14.9. The Morgan fingerprint density at radius 3 is 2.19 bits per heavy atom. The zero-order valence-corrected chi connectivity index (χ0v) is 10.2. The van der Waals surface area contributed by atoms with Gasteiger partial charge in [0.15, 0.2) is 6.10 Å². The maximum atomic E-state index is 11.3. The Hall–Kier alpha value is -1.30. The third-order valence-electron chi connectivity index (χ3n) is 1.66. The van der Waals surface area contributed by atoms with Crippen LogP contribution < -0.4 is 5.32 Å². The fourth-order valence-corrected chi connectivity index (χ4v) is 0.897. The van der Waals surface area contributed by atoms with Gasteiger partial charge in [-0.2, -0.15) is 0 Å². The summed E-state index contributed by atoms with van der Waals surface area (Å²) in [6.07, 6.45) is -2.10. The van der Waals surface area contributed by atoms with Gasteiger partial charge in [-0.05, 0) is 27.7 Å². The van der Waals surface area contributed by atoms with Crippen molar-refractivity contribution in [3.8, 4) is 0 Å². The van der Waals surface area contributed by atoms with E-state index in [1.54, 1.807) is 20.8 Å². The fraction of sp³-hybridized carbons (Fsp3) is 0.800. The van der Waals surface area contributed by atoms with E-state index in [0.29, 0.717) is 0 Å². The van der Waals surface area contributed by atoms with Gasteiger partial charge in [-0.3, -0.25) is 0 Å². The molecule has 0 radical (unpaired) electrons. The first-order valence-corrected chi connectivity index (χ1v) is 4.93. The third-order valence-corrected chi connectivity index (χ3v) is 1.66. The highest BCUT2D eigenvalue weighted by molar-refractivity contribution is 5.76. The molecule has 0 aromatic carbocycles. The van der Waals surface area contributed by atoms with Crippen LogP contribution in [0.4, 0.5) is 4.79 Å². The van der Waals surface area contributed by atoms with E-state index >= 15 is 0 Å². The van der Waals surface area contributed by atoms with Crippen LogP contribution in [0.25, 0.3) is 0 Å². The first kappa shape index (κ1) is 14.7. The molecule has 0 aliphatic heterocycles. The van der Waals surface area contributed by atoms with E-state index in [9.17, 15) is 14.7 Å². The lowest BCUT2D eigenvalue weighted by Crippen LogP contribution is -2.47. The van der Waals surface area contributed by atoms with Crippen LogP contribution in [0.3, 0.4) is 0 Å². The maximum Gasteiger partial charge on any atom is 0.407 e. The number of alkyl carbamates (subject to hydrolysis) is 1. The number of nitrogens with one attached hydrogen (secondary N) is 1. The van der Waals surface area contributed by atoms with E-state index in [1.807, 2.05) is 0 Å². The number of hydrogen-bond acceptors (Lipinski definition) is 5. The molecule has 0 saturated carbocycles. The van der Waals surface area contributed by atoms with E-state index in [1.165, 1.54) is 6.92 Å². The molecule has 0 aliphatic carbocycles. The van der Waals surface area contributed by atoms with Crippen molar-refractivity contribution in [2.75, 3.05) is 7.11 Å². The van der Waals surface area contributed by atoms with Gasteiger partial charge in [0, 0.05) is 0 Å². The molecule has 0 heterocycles. The predicted octanol–water partition coefficient (Wildman–Crippen LogP) is 0.433. The van der Waals surface area contributed by atoms with Crippen molar-refractivity contribution >= 4 is 12.1 Å². The van der Waals surface area contributed by atoms with Crippen molar-refractivity contribution in [3.05, 3.63) is 0 Å². The Kier molecular flexibility index (Phi) is 5.23. The van der Waals surface area contributed by atoms with Crippen molar-refractivity contribution in [2.45, 2.75) is 45.4 Å². The average Bonchev–Trinajstić information content (AvgIpc) is 2.12. The Morgan fingerprint density at radius 1 is 1.31 bits per heavy atom. The number of aliphatic hydroxyl groups is 1. The monoisotopic (exact) mass is 233 g/mol. The number of hydrogen-bond donors (Lipinski definition) is 2. The lowest BCUT2D eigenvalue weighted by atomic mass is 10.2. The molecule has 2 N–H and O–H groups in total. The van der Waals surface area contributed by atoms with Gasteiger partial charge in [0.05, 0.1) is 13.2 Å². The highest BCUT2D eigenvalue weighted by Gasteiger charge is 2.26. The second kappa shape index (κ2) is 5.69. The van der Waals surface area contributed by atoms with Crippen molar-refractivity contribution in [3.63, 3.8) is 0 Å². The molecule has 0 bridgehead atoms. The molecule has 94 valence electrons. The number of carbonyl (C=O) groups excluding carboxylic acids is 2. The highest BCUT2D eigenvalue weighted by Crippen LogP contribution is 2.07. The van der Waals surface area contributed by atoms with Crippen molar-refractivity contribution in [1.82, 2.24) is 5.32 Å². The number of ether oxygens (including phenoxy) is 2. The Balaban J connectivity index is 4.19. The van der Waals surface area contributed by atoms with E-state index < -0.39 is 29.8 Å². The summed E-state index contributed by atoms with van der Waals surface area (Å²) in [7, 11) is 1.16. The van der Waals surface area contributed by atoms with Gasteiger partial charge in [-0.1, -0.05) is 0 Å². The molecule has 2 atom stereocenters. The summed E-state index contributed by atoms with van der Waals surface area (Å²) in [5, 5.41) is 11.7. The Bertz CT molecular complexity index is 258. The molecular weight excluding hydrogens is 214 g/mol. The molecular formula is C10H19NO5. The van der Waals surface area contributed by atoms with Crippen molar-refractivity contribution in [2.24, 2.45) is 0 Å². The van der Waals surface area contributed by atoms with Gasteiger partial charge in [0.1, 0.15) is 5.60 Å². The van der Waals surface area contributed by atoms with Crippen LogP contribution in [0, 0.1) is 0 Å². The van der Waals surface area contributed by atoms with E-state index in [2.05, 4.69) is 10.1 Å². The number of esters is 1. The number of aliphatic hydroxyl groups excluding tert-OH is 1. The van der Waals surface area contributed by atoms with Gasteiger partial charge in [-0.25, -0.2) is 9.59 Å². The van der Waals surface area contributed by atoms with Gasteiger partial charge in [0.25, 0.3) is 0 Å². The summed E-state index contributed by atoms with van der Waals surface area (Å²) >= 11 is 0. The van der Waals surface area contributed by atoms with Gasteiger partial charge in [0.2, 0.25) is 0 Å². The number of amides is 1. The molecule has 0 aliphatic rings. The highest BCUT2D eigenvalue weighted by atomic mass is 16.6. The molecule has 6 heteroatoms. The topological polar surface area (TPSA) is 84.9 Å². The van der Waals surface area contributed by atoms with Crippen molar-refractivity contribution < 1.29 is 24.2 Å². The molecule has 1 amide bonds. The van der Waals surface area contributed by atoms with Crippen molar-refractivity contribution in [1.29, 1.82) is 0 Å². The molecule has 0 rings (SSSR count). The van der Waals surface area contributed by atoms with Crippen LogP contribution in [0.5, 0.6) is 0 Å². The van der Waals surface area contributed by atoms with E-state index in [-0.39, 0.29) is 0 Å². The minimum Gasteiger partial charge on any atom is -0.467 e. The molecule has 16 heavy (non-hydrogen) atoms. The lowest BCUT2D eigenvalue weighted by molar-refractivity contribution is -0.151. The van der Waals surface area contributed by atoms with Crippen LogP contribution in [0.1, 0.15) is 27.7 Å². The first-order valence-electron chi connectivity index (χ1n) is 4.93. The summed E-state index contributed by atoms with van der Waals surface area (Å²) in [6, 6.07) is -0.776. The van der Waals surface area contributed by atoms with Gasteiger partial charge < -0.3 is 19.9 Å². The summed E-state index contributed by atoms with van der Waals surface area (Å²) in [4.78, 5) is 22.2. The summed E-state index contributed by atoms with van der Waals surface area (Å²) in [5.41, 5.74) is -0.625. The fourth-order valence-electron chi connectivity index (χ4n) is 0.897. The number of carbonyl (C=O) groups is 2. The summed E-state index contributed by atoms with van der Waals surface area (Å²) in [5.74, 6) is -0.802. The Labute approximate surface area is 94.9 Å². The Morgan fingerprint density at radius 2 is 1.81 bits per heavy atom. The zero-order chi connectivity index (χ0) is 12.9. The molecule has 0 aromatic heterocycles. The second-order valence-electron chi connectivity index (χ2n) is 4.40.